The predicted octanol–water partition coefficient (Wildman–Crippen LogP) is 2.97. The minimum Gasteiger partial charge on any atom is -0.398 e. The second-order valence-corrected chi connectivity index (χ2v) is 6.54. The van der Waals surface area contributed by atoms with Crippen molar-refractivity contribution in [3.63, 3.8) is 0 Å². The number of benzene rings is 1. The molecule has 0 spiro atoms. The van der Waals surface area contributed by atoms with Crippen molar-refractivity contribution in [2.75, 3.05) is 5.73 Å². The Morgan fingerprint density at radius 1 is 1.33 bits per heavy atom. The highest BCUT2D eigenvalue weighted by atomic mass is 15.5. The lowest BCUT2D eigenvalue weighted by Crippen LogP contribution is -2.14. The number of nitrogen functional groups attached to an aromatic ring is 1. The smallest absolute Gasteiger partial charge is 0.152 e. The van der Waals surface area contributed by atoms with Gasteiger partial charge in [0, 0.05) is 17.7 Å². The summed E-state index contributed by atoms with van der Waals surface area (Å²) < 4.78 is 0. The van der Waals surface area contributed by atoms with Crippen LogP contribution in [0, 0.1) is 5.41 Å². The van der Waals surface area contributed by atoms with E-state index < -0.39 is 0 Å². The second kappa shape index (κ2) is 5.31. The van der Waals surface area contributed by atoms with Crippen LogP contribution in [0.4, 0.5) is 5.69 Å². The molecule has 1 aromatic carbocycles. The first kappa shape index (κ1) is 13.8. The van der Waals surface area contributed by atoms with Gasteiger partial charge in [-0.05, 0) is 58.4 Å². The van der Waals surface area contributed by atoms with E-state index in [0.29, 0.717) is 11.8 Å². The topological polar surface area (TPSA) is 80.5 Å². The van der Waals surface area contributed by atoms with E-state index in [-0.39, 0.29) is 0 Å². The molecule has 1 aromatic heterocycles. The number of nitrogens with one attached hydrogen (secondary N) is 1. The van der Waals surface area contributed by atoms with Crippen LogP contribution in [0.2, 0.25) is 0 Å². The van der Waals surface area contributed by atoms with Crippen LogP contribution in [0.1, 0.15) is 50.1 Å². The molecule has 0 saturated heterocycles. The Kier molecular flexibility index (Phi) is 3.49. The largest absolute Gasteiger partial charge is 0.398 e. The van der Waals surface area contributed by atoms with Crippen LogP contribution in [0.25, 0.3) is 5.57 Å². The van der Waals surface area contributed by atoms with Gasteiger partial charge < -0.3 is 5.73 Å². The molecule has 0 bridgehead atoms. The summed E-state index contributed by atoms with van der Waals surface area (Å²) >= 11 is 0. The van der Waals surface area contributed by atoms with Crippen molar-refractivity contribution in [3.8, 4) is 0 Å². The number of rotatable bonds is 3. The van der Waals surface area contributed by atoms with Gasteiger partial charge in [-0.2, -0.15) is 0 Å². The summed E-state index contributed by atoms with van der Waals surface area (Å²) in [5.41, 5.74) is 11.1. The number of tetrazole rings is 1. The van der Waals surface area contributed by atoms with Crippen LogP contribution in [-0.2, 0) is 6.42 Å². The molecule has 5 nitrogen and oxygen atoms in total. The van der Waals surface area contributed by atoms with E-state index in [1.54, 1.807) is 0 Å². The fourth-order valence-electron chi connectivity index (χ4n) is 2.76. The molecule has 0 radical (unpaired) electrons. The molecule has 0 unspecified atom stereocenters. The summed E-state index contributed by atoms with van der Waals surface area (Å²) in [7, 11) is 0. The monoisotopic (exact) mass is 283 g/mol. The highest BCUT2D eigenvalue weighted by Crippen LogP contribution is 2.39. The summed E-state index contributed by atoms with van der Waals surface area (Å²) in [4.78, 5) is 0. The zero-order valence-corrected chi connectivity index (χ0v) is 12.6. The Hall–Kier alpha value is -2.17. The first-order valence-electron chi connectivity index (χ1n) is 7.34. The number of hydrogen-bond donors (Lipinski definition) is 2. The van der Waals surface area contributed by atoms with E-state index in [4.69, 9.17) is 5.73 Å². The Balaban J connectivity index is 1.87. The van der Waals surface area contributed by atoms with E-state index in [9.17, 15) is 0 Å². The van der Waals surface area contributed by atoms with Gasteiger partial charge in [-0.3, -0.25) is 0 Å². The first-order chi connectivity index (χ1) is 10.0. The van der Waals surface area contributed by atoms with E-state index in [2.05, 4.69) is 46.6 Å². The lowest BCUT2D eigenvalue weighted by Gasteiger charge is -2.29. The van der Waals surface area contributed by atoms with Crippen molar-refractivity contribution in [2.24, 2.45) is 5.41 Å². The standard InChI is InChI=1S/C16H21N5/c1-16(2)7-5-12(6-8-16)13-9-11(3-4-14(13)17)10-15-18-20-21-19-15/h3-5,9H,6-8,10,17H2,1-2H3,(H,18,19,20,21). The Morgan fingerprint density at radius 3 is 2.86 bits per heavy atom. The molecule has 3 N–H and O–H groups in total. The van der Waals surface area contributed by atoms with E-state index in [1.807, 2.05) is 12.1 Å². The van der Waals surface area contributed by atoms with Gasteiger partial charge in [-0.25, -0.2) is 5.10 Å². The molecule has 2 aromatic rings. The molecule has 0 saturated carbocycles. The zero-order valence-electron chi connectivity index (χ0n) is 12.6. The summed E-state index contributed by atoms with van der Waals surface area (Å²) in [6.45, 7) is 4.63. The highest BCUT2D eigenvalue weighted by Gasteiger charge is 2.22. The predicted molar refractivity (Wildman–Crippen MR) is 83.4 cm³/mol. The Morgan fingerprint density at radius 2 is 2.19 bits per heavy atom. The highest BCUT2D eigenvalue weighted by molar-refractivity contribution is 5.76. The van der Waals surface area contributed by atoms with Crippen molar-refractivity contribution >= 4 is 11.3 Å². The van der Waals surface area contributed by atoms with Gasteiger partial charge >= 0.3 is 0 Å². The molecule has 110 valence electrons. The van der Waals surface area contributed by atoms with Crippen molar-refractivity contribution in [3.05, 3.63) is 41.2 Å². The fourth-order valence-corrected chi connectivity index (χ4v) is 2.76. The van der Waals surface area contributed by atoms with Crippen LogP contribution in [-0.4, -0.2) is 20.6 Å². The molecule has 5 heteroatoms. The minimum atomic E-state index is 0.404. The molecule has 1 aliphatic rings. The van der Waals surface area contributed by atoms with Gasteiger partial charge in [0.1, 0.15) is 0 Å². The lowest BCUT2D eigenvalue weighted by molar-refractivity contribution is 0.335. The lowest BCUT2D eigenvalue weighted by atomic mass is 9.76. The number of allylic oxidation sites excluding steroid dienone is 2. The number of aromatic nitrogens is 4. The normalized spacial score (nSPS) is 17.5. The van der Waals surface area contributed by atoms with Crippen LogP contribution < -0.4 is 5.73 Å². The van der Waals surface area contributed by atoms with E-state index in [1.165, 1.54) is 17.6 Å². The zero-order chi connectivity index (χ0) is 14.9. The van der Waals surface area contributed by atoms with Gasteiger partial charge in [-0.1, -0.05) is 26.0 Å². The number of aromatic amines is 1. The van der Waals surface area contributed by atoms with Crippen molar-refractivity contribution in [1.29, 1.82) is 0 Å². The summed E-state index contributed by atoms with van der Waals surface area (Å²) in [5.74, 6) is 0.768. The maximum Gasteiger partial charge on any atom is 0.152 e. The van der Waals surface area contributed by atoms with Gasteiger partial charge in [-0.15, -0.1) is 5.10 Å². The molecule has 3 rings (SSSR count). The number of H-pyrrole nitrogens is 1. The number of nitrogens with zero attached hydrogens (tertiary/aromatic N) is 3. The number of hydrogen-bond acceptors (Lipinski definition) is 4. The van der Waals surface area contributed by atoms with Crippen molar-refractivity contribution < 1.29 is 0 Å². The third-order valence-corrected chi connectivity index (χ3v) is 4.20. The number of anilines is 1. The molecule has 0 amide bonds. The molecule has 0 atom stereocenters. The van der Waals surface area contributed by atoms with Crippen molar-refractivity contribution in [1.82, 2.24) is 20.6 Å². The minimum absolute atomic E-state index is 0.404. The third-order valence-electron chi connectivity index (χ3n) is 4.20. The maximum atomic E-state index is 6.17. The van der Waals surface area contributed by atoms with Crippen LogP contribution in [0.15, 0.2) is 24.3 Å². The number of nitrogens with two attached hydrogens (primary N) is 1. The maximum absolute atomic E-state index is 6.17. The van der Waals surface area contributed by atoms with Crippen LogP contribution in [0.3, 0.4) is 0 Å². The molecular weight excluding hydrogens is 262 g/mol. The van der Waals surface area contributed by atoms with Gasteiger partial charge in [0.2, 0.25) is 0 Å². The summed E-state index contributed by atoms with van der Waals surface area (Å²) in [6.07, 6.45) is 6.44. The summed E-state index contributed by atoms with van der Waals surface area (Å²) in [5, 5.41) is 13.9. The average Bonchev–Trinajstić information content (AvgIpc) is 2.94. The quantitative estimate of drug-likeness (QED) is 0.849. The van der Waals surface area contributed by atoms with E-state index in [0.717, 1.165) is 29.9 Å². The first-order valence-corrected chi connectivity index (χ1v) is 7.34. The summed E-state index contributed by atoms with van der Waals surface area (Å²) in [6, 6.07) is 6.19. The van der Waals surface area contributed by atoms with E-state index >= 15 is 0 Å². The third kappa shape index (κ3) is 3.12. The van der Waals surface area contributed by atoms with Crippen LogP contribution >= 0.6 is 0 Å². The van der Waals surface area contributed by atoms with Crippen LogP contribution in [0.5, 0.6) is 0 Å². The average molecular weight is 283 g/mol. The molecule has 1 aliphatic carbocycles. The fraction of sp³-hybridized carbons (Fsp3) is 0.438. The Labute approximate surface area is 124 Å². The SMILES string of the molecule is CC1(C)CC=C(c2cc(Cc3nnn[nH]3)ccc2N)CC1. The van der Waals surface area contributed by atoms with Crippen molar-refractivity contribution in [2.45, 2.75) is 39.5 Å². The van der Waals surface area contributed by atoms with Gasteiger partial charge in [0.15, 0.2) is 5.82 Å². The molecular formula is C16H21N5. The molecule has 0 aliphatic heterocycles. The molecule has 0 fully saturated rings. The second-order valence-electron chi connectivity index (χ2n) is 6.54. The van der Waals surface area contributed by atoms with Gasteiger partial charge in [0.25, 0.3) is 0 Å². The Bertz CT molecular complexity index is 655. The molecule has 1 heterocycles. The van der Waals surface area contributed by atoms with Gasteiger partial charge in [0.05, 0.1) is 0 Å². The molecule has 21 heavy (non-hydrogen) atoms.